The van der Waals surface area contributed by atoms with Gasteiger partial charge in [0.2, 0.25) is 0 Å². The highest BCUT2D eigenvalue weighted by Crippen LogP contribution is 2.15. The fraction of sp³-hybridized carbons (Fsp3) is 0.100. The highest BCUT2D eigenvalue weighted by Gasteiger charge is 1.99. The fourth-order valence-electron chi connectivity index (χ4n) is 1.20. The largest absolute Gasteiger partial charge is 0.374 e. The van der Waals surface area contributed by atoms with Crippen molar-refractivity contribution < 1.29 is 5.11 Å². The van der Waals surface area contributed by atoms with Gasteiger partial charge in [-0.1, -0.05) is 30.3 Å². The van der Waals surface area contributed by atoms with Crippen molar-refractivity contribution in [2.45, 2.75) is 6.73 Å². The molecule has 0 bridgehead atoms. The molecule has 0 unspecified atom stereocenters. The Balaban J connectivity index is 2.36. The van der Waals surface area contributed by atoms with Gasteiger partial charge < -0.3 is 5.11 Å². The molecule has 1 aromatic carbocycles. The predicted octanol–water partition coefficient (Wildman–Crippen LogP) is 1.50. The molecule has 0 fully saturated rings. The van der Waals surface area contributed by atoms with E-state index >= 15 is 0 Å². The van der Waals surface area contributed by atoms with Gasteiger partial charge in [0.1, 0.15) is 6.73 Å². The highest BCUT2D eigenvalue weighted by molar-refractivity contribution is 5.57. The molecule has 3 heteroatoms. The summed E-state index contributed by atoms with van der Waals surface area (Å²) in [5, 5.41) is 13.0. The summed E-state index contributed by atoms with van der Waals surface area (Å²) < 4.78 is 1.49. The monoisotopic (exact) mass is 174 g/mol. The molecule has 0 aliphatic carbocycles. The van der Waals surface area contributed by atoms with Crippen LogP contribution in [-0.2, 0) is 6.73 Å². The Morgan fingerprint density at radius 3 is 2.54 bits per heavy atom. The van der Waals surface area contributed by atoms with E-state index in [0.29, 0.717) is 0 Å². The van der Waals surface area contributed by atoms with E-state index in [0.717, 1.165) is 11.3 Å². The average Bonchev–Trinajstić information content (AvgIpc) is 2.67. The fourth-order valence-corrected chi connectivity index (χ4v) is 1.20. The molecule has 1 N–H and O–H groups in total. The van der Waals surface area contributed by atoms with Gasteiger partial charge in [-0.05, 0) is 6.07 Å². The van der Waals surface area contributed by atoms with E-state index in [9.17, 15) is 0 Å². The zero-order chi connectivity index (χ0) is 9.10. The van der Waals surface area contributed by atoms with Crippen LogP contribution in [0.2, 0.25) is 0 Å². The number of nitrogens with zero attached hydrogens (tertiary/aromatic N) is 2. The zero-order valence-electron chi connectivity index (χ0n) is 7.09. The summed E-state index contributed by atoms with van der Waals surface area (Å²) in [6.07, 6.45) is 1.75. The van der Waals surface area contributed by atoms with Gasteiger partial charge in [-0.15, -0.1) is 0 Å². The number of hydrogen-bond acceptors (Lipinski definition) is 2. The van der Waals surface area contributed by atoms with E-state index in [1.807, 2.05) is 36.4 Å². The maximum Gasteiger partial charge on any atom is 0.136 e. The van der Waals surface area contributed by atoms with E-state index in [4.69, 9.17) is 5.11 Å². The molecule has 3 nitrogen and oxygen atoms in total. The van der Waals surface area contributed by atoms with Crippen molar-refractivity contribution in [3.8, 4) is 11.3 Å². The Morgan fingerprint density at radius 1 is 1.15 bits per heavy atom. The number of aliphatic hydroxyl groups excluding tert-OH is 1. The third-order valence-corrected chi connectivity index (χ3v) is 1.86. The Morgan fingerprint density at radius 2 is 1.92 bits per heavy atom. The van der Waals surface area contributed by atoms with Gasteiger partial charge in [0.25, 0.3) is 0 Å². The second-order valence-electron chi connectivity index (χ2n) is 2.75. The van der Waals surface area contributed by atoms with E-state index in [-0.39, 0.29) is 6.73 Å². The molecule has 1 aromatic heterocycles. The minimum absolute atomic E-state index is 0.0766. The maximum atomic E-state index is 8.80. The summed E-state index contributed by atoms with van der Waals surface area (Å²) in [6.45, 7) is -0.0766. The molecule has 2 aromatic rings. The van der Waals surface area contributed by atoms with Crippen molar-refractivity contribution in [1.29, 1.82) is 0 Å². The van der Waals surface area contributed by atoms with Crippen LogP contribution in [-0.4, -0.2) is 14.9 Å². The molecule has 66 valence electrons. The predicted molar refractivity (Wildman–Crippen MR) is 49.9 cm³/mol. The highest BCUT2D eigenvalue weighted by atomic mass is 16.3. The van der Waals surface area contributed by atoms with Gasteiger partial charge in [-0.3, -0.25) is 0 Å². The third kappa shape index (κ3) is 1.60. The summed E-state index contributed by atoms with van der Waals surface area (Å²) in [5.41, 5.74) is 1.95. The lowest BCUT2D eigenvalue weighted by atomic mass is 10.2. The van der Waals surface area contributed by atoms with Crippen molar-refractivity contribution >= 4 is 0 Å². The van der Waals surface area contributed by atoms with Gasteiger partial charge in [0.15, 0.2) is 0 Å². The van der Waals surface area contributed by atoms with Crippen LogP contribution < -0.4 is 0 Å². The molecule has 0 radical (unpaired) electrons. The van der Waals surface area contributed by atoms with Gasteiger partial charge in [-0.2, -0.15) is 5.10 Å². The summed E-state index contributed by atoms with van der Waals surface area (Å²) in [7, 11) is 0. The van der Waals surface area contributed by atoms with E-state index in [2.05, 4.69) is 5.10 Å². The second-order valence-corrected chi connectivity index (χ2v) is 2.75. The Hall–Kier alpha value is -1.61. The first kappa shape index (κ1) is 8.01. The number of rotatable bonds is 2. The molecule has 0 saturated carbocycles. The van der Waals surface area contributed by atoms with E-state index in [1.165, 1.54) is 4.68 Å². The second kappa shape index (κ2) is 3.41. The molecule has 0 amide bonds. The average molecular weight is 174 g/mol. The van der Waals surface area contributed by atoms with Gasteiger partial charge >= 0.3 is 0 Å². The number of benzene rings is 1. The lowest BCUT2D eigenvalue weighted by molar-refractivity contribution is 0.195. The molecule has 0 aliphatic rings. The molecular weight excluding hydrogens is 164 g/mol. The minimum Gasteiger partial charge on any atom is -0.374 e. The van der Waals surface area contributed by atoms with Crippen molar-refractivity contribution in [3.63, 3.8) is 0 Å². The molecule has 0 aliphatic heterocycles. The molecule has 13 heavy (non-hydrogen) atoms. The van der Waals surface area contributed by atoms with E-state index in [1.54, 1.807) is 6.20 Å². The molecule has 2 rings (SSSR count). The normalized spacial score (nSPS) is 10.2. The van der Waals surface area contributed by atoms with Crippen LogP contribution in [0.1, 0.15) is 0 Å². The van der Waals surface area contributed by atoms with E-state index < -0.39 is 0 Å². The SMILES string of the molecule is OCn1ccc(-c2ccccc2)n1. The van der Waals surface area contributed by atoms with Crippen LogP contribution in [0, 0.1) is 0 Å². The maximum absolute atomic E-state index is 8.80. The first-order valence-corrected chi connectivity index (χ1v) is 4.10. The first-order chi connectivity index (χ1) is 6.40. The van der Waals surface area contributed by atoms with Crippen molar-refractivity contribution in [2.75, 3.05) is 0 Å². The van der Waals surface area contributed by atoms with Gasteiger partial charge in [-0.25, -0.2) is 4.68 Å². The summed E-state index contributed by atoms with van der Waals surface area (Å²) in [5.74, 6) is 0. The summed E-state index contributed by atoms with van der Waals surface area (Å²) in [4.78, 5) is 0. The van der Waals surface area contributed by atoms with Gasteiger partial charge in [0.05, 0.1) is 5.69 Å². The van der Waals surface area contributed by atoms with Crippen molar-refractivity contribution in [2.24, 2.45) is 0 Å². The quantitative estimate of drug-likeness (QED) is 0.749. The van der Waals surface area contributed by atoms with Crippen molar-refractivity contribution in [1.82, 2.24) is 9.78 Å². The smallest absolute Gasteiger partial charge is 0.136 e. The number of aromatic nitrogens is 2. The minimum atomic E-state index is -0.0766. The Kier molecular flexibility index (Phi) is 2.10. The summed E-state index contributed by atoms with van der Waals surface area (Å²) in [6, 6.07) is 11.8. The number of aliphatic hydroxyl groups is 1. The van der Waals surface area contributed by atoms with Crippen molar-refractivity contribution in [3.05, 3.63) is 42.6 Å². The molecule has 1 heterocycles. The Labute approximate surface area is 76.3 Å². The Bertz CT molecular complexity index is 381. The molecular formula is C10H10N2O. The molecule has 0 atom stereocenters. The number of hydrogen-bond donors (Lipinski definition) is 1. The lowest BCUT2D eigenvalue weighted by Gasteiger charge is -1.94. The first-order valence-electron chi connectivity index (χ1n) is 4.10. The standard InChI is InChI=1S/C10H10N2O/c13-8-12-7-6-10(11-12)9-4-2-1-3-5-9/h1-7,13H,8H2. The van der Waals surface area contributed by atoms with Crippen LogP contribution in [0.3, 0.4) is 0 Å². The van der Waals surface area contributed by atoms with Crippen LogP contribution in [0.5, 0.6) is 0 Å². The molecule has 0 spiro atoms. The van der Waals surface area contributed by atoms with Gasteiger partial charge in [0, 0.05) is 11.8 Å². The summed E-state index contributed by atoms with van der Waals surface area (Å²) >= 11 is 0. The molecule has 0 saturated heterocycles. The zero-order valence-corrected chi connectivity index (χ0v) is 7.09. The third-order valence-electron chi connectivity index (χ3n) is 1.86. The topological polar surface area (TPSA) is 38.0 Å². The van der Waals surface area contributed by atoms with Crippen LogP contribution in [0.4, 0.5) is 0 Å². The lowest BCUT2D eigenvalue weighted by Crippen LogP contribution is -1.96. The van der Waals surface area contributed by atoms with Crippen LogP contribution in [0.15, 0.2) is 42.6 Å². The van der Waals surface area contributed by atoms with Crippen LogP contribution >= 0.6 is 0 Å². The van der Waals surface area contributed by atoms with Crippen LogP contribution in [0.25, 0.3) is 11.3 Å².